The molecule has 32 heteroatoms. The number of hydrogen-bond acceptors (Lipinski definition) is 22. The summed E-state index contributed by atoms with van der Waals surface area (Å²) < 4.78 is 84.8. The molecule has 7 rings (SSSR count). The third kappa shape index (κ3) is 16.3. The molecule has 0 aromatic carbocycles. The number of halogens is 3. The van der Waals surface area contributed by atoms with Gasteiger partial charge in [0.1, 0.15) is 79.0 Å². The number of anilines is 1. The number of carbonyl (C=O) groups excluding carboxylic acids is 4. The molecule has 0 radical (unpaired) electrons. The van der Waals surface area contributed by atoms with Crippen LogP contribution in [0.15, 0.2) is 50.4 Å². The van der Waals surface area contributed by atoms with Crippen LogP contribution < -0.4 is 28.4 Å². The van der Waals surface area contributed by atoms with Crippen molar-refractivity contribution in [2.24, 2.45) is 0 Å². The van der Waals surface area contributed by atoms with Gasteiger partial charge < -0.3 is 49.1 Å². The quantitative estimate of drug-likeness (QED) is 0.0511. The molecule has 27 nitrogen and oxygen atoms in total. The first kappa shape index (κ1) is 69.7. The summed E-state index contributed by atoms with van der Waals surface area (Å²) in [5.41, 5.74) is 3.53. The number of nitrogen functional groups attached to an aromatic ring is 1. The summed E-state index contributed by atoms with van der Waals surface area (Å²) in [6.45, 7) is 16.1. The average Bonchev–Trinajstić information content (AvgIpc) is 1.80. The maximum Gasteiger partial charge on any atom is 0.351 e. The van der Waals surface area contributed by atoms with Crippen molar-refractivity contribution in [3.05, 3.63) is 90.5 Å². The van der Waals surface area contributed by atoms with E-state index in [0.717, 1.165) is 73.2 Å². The molecule has 472 valence electrons. The molecule has 87 heavy (non-hydrogen) atoms. The zero-order valence-corrected chi connectivity index (χ0v) is 51.7. The molecule has 3 aliphatic rings. The molecule has 0 spiro atoms. The summed E-state index contributed by atoms with van der Waals surface area (Å²) in [6, 6.07) is 5.37. The predicted octanol–water partition coefficient (Wildman–Crippen LogP) is 2.65. The van der Waals surface area contributed by atoms with Crippen molar-refractivity contribution in [2.75, 3.05) is 25.6 Å². The Morgan fingerprint density at radius 1 is 0.690 bits per heavy atom. The Kier molecular flexibility index (Phi) is 23.7. The molecular formula is C55H71F3N10O17Si2. The minimum absolute atomic E-state index is 0.0296. The molecule has 4 aromatic rings. The van der Waals surface area contributed by atoms with Gasteiger partial charge in [0.15, 0.2) is 28.9 Å². The Bertz CT molecular complexity index is 3550. The summed E-state index contributed by atoms with van der Waals surface area (Å²) in [5.74, 6) is 2.28. The molecule has 4 aromatic heterocycles. The van der Waals surface area contributed by atoms with Crippen molar-refractivity contribution in [3.63, 3.8) is 0 Å². The molecule has 0 unspecified atom stereocenters. The minimum atomic E-state index is -2.00. The topological polar surface area (TPSA) is 355 Å². The van der Waals surface area contributed by atoms with Crippen molar-refractivity contribution in [1.82, 2.24) is 43.4 Å². The highest BCUT2D eigenvalue weighted by Crippen LogP contribution is 2.41. The Balaban J connectivity index is 0.000000249. The van der Waals surface area contributed by atoms with Crippen LogP contribution in [0, 0.1) is 52.7 Å². The van der Waals surface area contributed by atoms with Crippen molar-refractivity contribution in [2.45, 2.75) is 179 Å². The average molecular weight is 1260 g/mol. The fraction of sp³-hybridized carbons (Fsp3) is 0.564. The number of esters is 4. The third-order valence-electron chi connectivity index (χ3n) is 15.4. The van der Waals surface area contributed by atoms with Gasteiger partial charge in [-0.3, -0.25) is 42.7 Å². The molecule has 3 aliphatic heterocycles. The van der Waals surface area contributed by atoms with Gasteiger partial charge in [-0.05, 0) is 36.3 Å². The van der Waals surface area contributed by atoms with Crippen molar-refractivity contribution < 1.29 is 75.7 Å². The summed E-state index contributed by atoms with van der Waals surface area (Å²) in [7, 11) is -3.98. The lowest BCUT2D eigenvalue weighted by Crippen LogP contribution is -2.46. The van der Waals surface area contributed by atoms with Crippen LogP contribution in [0.2, 0.25) is 36.3 Å². The molecule has 3 fully saturated rings. The molecule has 0 bridgehead atoms. The lowest BCUT2D eigenvalue weighted by molar-refractivity contribution is -0.165. The van der Waals surface area contributed by atoms with E-state index in [9.17, 15) is 61.7 Å². The Hall–Kier alpha value is -8.04. The molecule has 5 N–H and O–H groups in total. The Morgan fingerprint density at radius 2 is 1.13 bits per heavy atom. The highest BCUT2D eigenvalue weighted by atomic mass is 28.3. The van der Waals surface area contributed by atoms with Crippen molar-refractivity contribution in [1.29, 1.82) is 0 Å². The van der Waals surface area contributed by atoms with Crippen molar-refractivity contribution >= 4 is 45.8 Å². The van der Waals surface area contributed by atoms with Gasteiger partial charge in [-0.15, -0.1) is 17.5 Å². The Labute approximate surface area is 499 Å². The van der Waals surface area contributed by atoms with E-state index >= 15 is 0 Å². The number of aromatic amines is 1. The molecule has 9 atom stereocenters. The van der Waals surface area contributed by atoms with Gasteiger partial charge in [0.2, 0.25) is 17.0 Å². The molecule has 0 amide bonds. The van der Waals surface area contributed by atoms with E-state index in [1.165, 1.54) is 40.3 Å². The summed E-state index contributed by atoms with van der Waals surface area (Å²) in [6.07, 6.45) is 3.59. The van der Waals surface area contributed by atoms with Gasteiger partial charge in [-0.2, -0.15) is 24.1 Å². The van der Waals surface area contributed by atoms with Crippen molar-refractivity contribution in [3.8, 4) is 41.1 Å². The van der Waals surface area contributed by atoms with Gasteiger partial charge >= 0.3 is 40.9 Å². The fourth-order valence-corrected chi connectivity index (χ4v) is 14.7. The van der Waals surface area contributed by atoms with E-state index in [1.54, 1.807) is 0 Å². The summed E-state index contributed by atoms with van der Waals surface area (Å²) in [4.78, 5) is 108. The zero-order valence-electron chi connectivity index (χ0n) is 49.7. The first-order valence-corrected chi connectivity index (χ1v) is 33.0. The lowest BCUT2D eigenvalue weighted by atomic mass is 9.98. The monoisotopic (exact) mass is 1260 g/mol. The van der Waals surface area contributed by atoms with E-state index in [0.29, 0.717) is 0 Å². The summed E-state index contributed by atoms with van der Waals surface area (Å²) >= 11 is 0. The van der Waals surface area contributed by atoms with Crippen LogP contribution in [-0.2, 0) is 52.3 Å². The maximum absolute atomic E-state index is 14.9. The standard InChI is InChI=1S/C23H30FN5O6Si.C21H29FN2O7Si.C11H12FN3O4/c1-6-36(7-2,8-3)10-9-23(13-33-16(4)30)19(34-17(5)31)11-20(35-23)28-12-18(24)21(27-22(28)32)29-15-25-14-26-29;1-6-32(7-2,8-3)10-9-21(13-29-14(4)25)17(30-15(5)26)11-18(31-21)24-12-16(22)19(27)23-20(24)28;1-2-11(5-16)7(17)3-8(19-11)15-4-6(12)9(13)14-10(15)18/h12,14-15,19-20H,6-8,11,13H2,1-5H3;12,17-18H,6-8,11,13H2,1-5H3,(H,23,27,28);1,4,7-8,16-17H,3,5H2,(H2,13,14,18)/t19-,20-,23-;17-,18-,21-;7-,8-,11-/m111/s1. The second-order valence-corrected chi connectivity index (χ2v) is 30.5. The largest absolute Gasteiger partial charge is 0.462 e. The van der Waals surface area contributed by atoms with Gasteiger partial charge in [-0.25, -0.2) is 28.1 Å². The molecule has 0 aliphatic carbocycles. The zero-order chi connectivity index (χ0) is 64.8. The number of terminal acetylenes is 1. The van der Waals surface area contributed by atoms with Crippen LogP contribution in [-0.4, -0.2) is 149 Å². The molecular weight excluding hydrogens is 1190 g/mol. The third-order valence-corrected chi connectivity index (χ3v) is 24.8. The number of hydrogen-bond donors (Lipinski definition) is 4. The molecule has 0 saturated carbocycles. The second-order valence-electron chi connectivity index (χ2n) is 20.6. The first-order chi connectivity index (χ1) is 41.0. The van der Waals surface area contributed by atoms with Crippen LogP contribution in [0.4, 0.5) is 19.0 Å². The van der Waals surface area contributed by atoms with Crippen LogP contribution in [0.3, 0.4) is 0 Å². The number of aromatic nitrogens is 9. The van der Waals surface area contributed by atoms with Gasteiger partial charge in [0.25, 0.3) is 5.56 Å². The minimum Gasteiger partial charge on any atom is -0.462 e. The van der Waals surface area contributed by atoms with Gasteiger partial charge in [0.05, 0.1) is 25.2 Å². The lowest BCUT2D eigenvalue weighted by Gasteiger charge is -2.29. The second kappa shape index (κ2) is 29.6. The smallest absolute Gasteiger partial charge is 0.351 e. The number of rotatable bonds is 17. The van der Waals surface area contributed by atoms with E-state index < -0.39 is 146 Å². The number of aliphatic hydroxyl groups is 2. The maximum atomic E-state index is 14.9. The number of nitrogens with zero attached hydrogens (tertiary/aromatic N) is 8. The highest BCUT2D eigenvalue weighted by Gasteiger charge is 2.54. The number of nitrogens with one attached hydrogen (secondary N) is 1. The predicted molar refractivity (Wildman–Crippen MR) is 306 cm³/mol. The number of H-pyrrole nitrogens is 1. The normalized spacial score (nSPS) is 23.8. The van der Waals surface area contributed by atoms with Crippen LogP contribution >= 0.6 is 0 Å². The Morgan fingerprint density at radius 3 is 1.54 bits per heavy atom. The fourth-order valence-electron chi connectivity index (χ4n) is 9.68. The number of ether oxygens (including phenoxy) is 7. The molecule has 7 heterocycles. The van der Waals surface area contributed by atoms with E-state index in [1.807, 2.05) is 4.98 Å². The number of carbonyl (C=O) groups is 4. The van der Waals surface area contributed by atoms with Gasteiger partial charge in [0, 0.05) is 47.0 Å². The van der Waals surface area contributed by atoms with Crippen LogP contribution in [0.1, 0.15) is 107 Å². The van der Waals surface area contributed by atoms with E-state index in [4.69, 9.17) is 45.3 Å². The van der Waals surface area contributed by atoms with E-state index in [-0.39, 0.29) is 38.3 Å². The first-order valence-electron chi connectivity index (χ1n) is 27.7. The SMILES string of the molecule is C#C[C@]1(CO)O[C@@H](n2cc(F)c(N)nc2=O)C[C@H]1O.CC[Si](C#C[C@]1(COC(C)=O)O[C@@H](n2cc(F)c(-n3cncn3)nc2=O)C[C@H]1OC(C)=O)(CC)CC.CC[Si](C#C[C@]1(COC(C)=O)O[C@@H](n2cc(F)c(=O)[nH]c2=O)C[C@H]1OC(C)=O)(CC)CC. The van der Waals surface area contributed by atoms with Gasteiger partial charge in [-0.1, -0.05) is 59.3 Å². The molecule has 3 saturated heterocycles. The van der Waals surface area contributed by atoms with Crippen LogP contribution in [0.25, 0.3) is 5.82 Å². The van der Waals surface area contributed by atoms with E-state index in [2.05, 4.69) is 90.4 Å². The summed E-state index contributed by atoms with van der Waals surface area (Å²) in [5, 5.41) is 22.8. The number of aliphatic hydroxyl groups excluding tert-OH is 2. The highest BCUT2D eigenvalue weighted by molar-refractivity contribution is 6.87. The van der Waals surface area contributed by atoms with Crippen LogP contribution in [0.5, 0.6) is 0 Å². The number of nitrogens with two attached hydrogens (primary N) is 1.